The predicted molar refractivity (Wildman–Crippen MR) is 136 cm³/mol. The van der Waals surface area contributed by atoms with Crippen LogP contribution in [0.3, 0.4) is 0 Å². The molecule has 0 heterocycles. The van der Waals surface area contributed by atoms with Crippen LogP contribution >= 0.6 is 0 Å². The number of benzene rings is 2. The van der Waals surface area contributed by atoms with E-state index in [1.54, 1.807) is 0 Å². The first kappa shape index (κ1) is 25.3. The van der Waals surface area contributed by atoms with Gasteiger partial charge in [0, 0.05) is 0 Å². The average Bonchev–Trinajstić information content (AvgIpc) is 2.79. The topological polar surface area (TPSA) is 35.2 Å². The Hall–Kier alpha value is -1.96. The van der Waals surface area contributed by atoms with Gasteiger partial charge in [-0.2, -0.15) is 0 Å². The molecule has 0 amide bonds. The summed E-state index contributed by atoms with van der Waals surface area (Å²) in [5.74, 6) is 0.869. The van der Waals surface area contributed by atoms with Crippen molar-refractivity contribution in [2.24, 2.45) is 0 Å². The van der Waals surface area contributed by atoms with Crippen molar-refractivity contribution < 1.29 is 4.74 Å². The number of nitrogen functional groups attached to an aromatic ring is 1. The molecule has 2 N–H and O–H groups in total. The smallest absolute Gasteiger partial charge is 0.143 e. The lowest BCUT2D eigenvalue weighted by Gasteiger charge is -2.16. The Bertz CT molecular complexity index is 710. The normalized spacial score (nSPS) is 11.0. The summed E-state index contributed by atoms with van der Waals surface area (Å²) in [6.45, 7) is 5.12. The molecule has 0 radical (unpaired) electrons. The van der Waals surface area contributed by atoms with Crippen LogP contribution < -0.4 is 10.5 Å². The largest absolute Gasteiger partial charge is 0.487 e. The van der Waals surface area contributed by atoms with Crippen LogP contribution in [0, 0.1) is 0 Å². The molecule has 2 nitrogen and oxygen atoms in total. The fourth-order valence-corrected chi connectivity index (χ4v) is 4.16. The quantitative estimate of drug-likeness (QED) is 0.204. The highest BCUT2D eigenvalue weighted by Gasteiger charge is 2.10. The second-order valence-corrected chi connectivity index (χ2v) is 8.98. The molecule has 2 rings (SSSR count). The van der Waals surface area contributed by atoms with Crippen molar-refractivity contribution >= 4 is 5.69 Å². The summed E-state index contributed by atoms with van der Waals surface area (Å²) < 4.78 is 6.20. The van der Waals surface area contributed by atoms with Crippen LogP contribution in [0.15, 0.2) is 42.5 Å². The summed E-state index contributed by atoms with van der Waals surface area (Å²) in [6.07, 6.45) is 18.0. The molecule has 0 bridgehead atoms. The Morgan fingerprint density at radius 1 is 0.645 bits per heavy atom. The molecular weight excluding hydrogens is 378 g/mol. The van der Waals surface area contributed by atoms with Gasteiger partial charge in [0.25, 0.3) is 0 Å². The second kappa shape index (κ2) is 15.8. The van der Waals surface area contributed by atoms with E-state index in [9.17, 15) is 0 Å². The Labute approximate surface area is 191 Å². The molecule has 0 aliphatic carbocycles. The van der Waals surface area contributed by atoms with E-state index in [2.05, 4.69) is 50.2 Å². The van der Waals surface area contributed by atoms with Gasteiger partial charge >= 0.3 is 0 Å². The van der Waals surface area contributed by atoms with Gasteiger partial charge in [0.15, 0.2) is 0 Å². The summed E-state index contributed by atoms with van der Waals surface area (Å²) in [7, 11) is 0. The summed E-state index contributed by atoms with van der Waals surface area (Å²) in [5.41, 5.74) is 11.3. The Balaban J connectivity index is 1.97. The first-order chi connectivity index (χ1) is 15.2. The van der Waals surface area contributed by atoms with Gasteiger partial charge in [-0.25, -0.2) is 0 Å². The van der Waals surface area contributed by atoms with Crippen LogP contribution in [0.25, 0.3) is 0 Å². The van der Waals surface area contributed by atoms with Crippen LogP contribution in [-0.4, -0.2) is 0 Å². The van der Waals surface area contributed by atoms with E-state index in [1.807, 2.05) is 6.07 Å². The third-order valence-corrected chi connectivity index (χ3v) is 6.14. The van der Waals surface area contributed by atoms with Gasteiger partial charge in [-0.1, -0.05) is 114 Å². The molecule has 0 aliphatic heterocycles. The van der Waals surface area contributed by atoms with Gasteiger partial charge in [0.1, 0.15) is 12.4 Å². The second-order valence-electron chi connectivity index (χ2n) is 8.98. The van der Waals surface area contributed by atoms with Crippen molar-refractivity contribution in [1.82, 2.24) is 0 Å². The minimum absolute atomic E-state index is 0.571. The maximum Gasteiger partial charge on any atom is 0.143 e. The molecule has 0 fully saturated rings. The van der Waals surface area contributed by atoms with E-state index in [0.717, 1.165) is 24.3 Å². The van der Waals surface area contributed by atoms with Gasteiger partial charge in [-0.15, -0.1) is 0 Å². The summed E-state index contributed by atoms with van der Waals surface area (Å²) >= 11 is 0. The van der Waals surface area contributed by atoms with Gasteiger partial charge in [-0.05, 0) is 48.4 Å². The first-order valence-corrected chi connectivity index (χ1v) is 12.8. The molecule has 0 saturated heterocycles. The number of ether oxygens (including phenoxy) is 1. The highest BCUT2D eigenvalue weighted by molar-refractivity contribution is 5.60. The predicted octanol–water partition coefficient (Wildman–Crippen LogP) is 8.65. The molecule has 0 aliphatic rings. The molecule has 31 heavy (non-hydrogen) atoms. The molecule has 0 saturated carbocycles. The van der Waals surface area contributed by atoms with Gasteiger partial charge < -0.3 is 10.5 Å². The van der Waals surface area contributed by atoms with E-state index in [-0.39, 0.29) is 0 Å². The number of anilines is 1. The number of hydrogen-bond acceptors (Lipinski definition) is 2. The van der Waals surface area contributed by atoms with Crippen molar-refractivity contribution in [3.8, 4) is 5.75 Å². The number of rotatable bonds is 17. The zero-order valence-electron chi connectivity index (χ0n) is 20.1. The fraction of sp³-hybridized carbons (Fsp3) is 0.586. The lowest BCUT2D eigenvalue weighted by atomic mass is 9.98. The van der Waals surface area contributed by atoms with Crippen molar-refractivity contribution in [2.45, 2.75) is 110 Å². The number of aryl methyl sites for hydroxylation is 2. The molecule has 0 unspecified atom stereocenters. The van der Waals surface area contributed by atoms with E-state index in [4.69, 9.17) is 10.5 Å². The maximum absolute atomic E-state index is 6.56. The SMILES string of the molecule is CCCCCCCCc1cc(CCCCCCCC)c(N)c(OCc2ccccc2)c1. The zero-order chi connectivity index (χ0) is 22.2. The molecule has 0 spiro atoms. The third-order valence-electron chi connectivity index (χ3n) is 6.14. The molecule has 172 valence electrons. The number of nitrogens with two attached hydrogens (primary N) is 1. The van der Waals surface area contributed by atoms with Gasteiger partial charge in [-0.3, -0.25) is 0 Å². The first-order valence-electron chi connectivity index (χ1n) is 12.8. The van der Waals surface area contributed by atoms with E-state index in [1.165, 1.54) is 93.7 Å². The van der Waals surface area contributed by atoms with Crippen LogP contribution in [0.5, 0.6) is 5.75 Å². The summed E-state index contributed by atoms with van der Waals surface area (Å²) in [4.78, 5) is 0. The standard InChI is InChI=1S/C29H45NO/c1-3-5-7-9-11-14-20-26-22-27(21-17-12-10-8-6-4-2)29(30)28(23-26)31-24-25-18-15-13-16-19-25/h13,15-16,18-19,22-23H,3-12,14,17,20-21,24,30H2,1-2H3. The van der Waals surface area contributed by atoms with Crippen LogP contribution in [0.1, 0.15) is 108 Å². The summed E-state index contributed by atoms with van der Waals surface area (Å²) in [5, 5.41) is 0. The average molecular weight is 424 g/mol. The van der Waals surface area contributed by atoms with Crippen molar-refractivity contribution in [3.05, 3.63) is 59.2 Å². The molecule has 2 aromatic rings. The highest BCUT2D eigenvalue weighted by Crippen LogP contribution is 2.31. The molecular formula is C29H45NO. The Morgan fingerprint density at radius 2 is 1.23 bits per heavy atom. The highest BCUT2D eigenvalue weighted by atomic mass is 16.5. The maximum atomic E-state index is 6.56. The van der Waals surface area contributed by atoms with Gasteiger partial charge in [0.05, 0.1) is 5.69 Å². The monoisotopic (exact) mass is 423 g/mol. The summed E-state index contributed by atoms with van der Waals surface area (Å²) in [6, 6.07) is 14.9. The van der Waals surface area contributed by atoms with Crippen molar-refractivity contribution in [1.29, 1.82) is 0 Å². The molecule has 0 aromatic heterocycles. The van der Waals surface area contributed by atoms with Crippen LogP contribution in [-0.2, 0) is 19.4 Å². The number of hydrogen-bond donors (Lipinski definition) is 1. The van der Waals surface area contributed by atoms with E-state index >= 15 is 0 Å². The fourth-order valence-electron chi connectivity index (χ4n) is 4.16. The lowest BCUT2D eigenvalue weighted by Crippen LogP contribution is -2.04. The van der Waals surface area contributed by atoms with Gasteiger partial charge in [0.2, 0.25) is 0 Å². The lowest BCUT2D eigenvalue weighted by molar-refractivity contribution is 0.307. The van der Waals surface area contributed by atoms with Crippen molar-refractivity contribution in [2.75, 3.05) is 5.73 Å². The Kier molecular flexibility index (Phi) is 12.9. The molecule has 2 aromatic carbocycles. The molecule has 0 atom stereocenters. The van der Waals surface area contributed by atoms with E-state index < -0.39 is 0 Å². The minimum atomic E-state index is 0.571. The zero-order valence-corrected chi connectivity index (χ0v) is 20.1. The Morgan fingerprint density at radius 3 is 1.87 bits per heavy atom. The van der Waals surface area contributed by atoms with Crippen LogP contribution in [0.4, 0.5) is 5.69 Å². The number of unbranched alkanes of at least 4 members (excludes halogenated alkanes) is 10. The third kappa shape index (κ3) is 10.3. The van der Waals surface area contributed by atoms with Crippen molar-refractivity contribution in [3.63, 3.8) is 0 Å². The minimum Gasteiger partial charge on any atom is -0.487 e. The van der Waals surface area contributed by atoms with E-state index in [0.29, 0.717) is 6.61 Å². The van der Waals surface area contributed by atoms with Crippen LogP contribution in [0.2, 0.25) is 0 Å². The molecule has 2 heteroatoms.